The second-order valence-corrected chi connectivity index (χ2v) is 5.62. The van der Waals surface area contributed by atoms with E-state index in [1.165, 1.54) is 0 Å². The number of carbonyl (C=O) groups excluding carboxylic acids is 2. The van der Waals surface area contributed by atoms with Crippen LogP contribution < -0.4 is 5.32 Å². The molecule has 1 aromatic rings. The van der Waals surface area contributed by atoms with Gasteiger partial charge in [-0.3, -0.25) is 9.59 Å². The molecule has 1 aromatic carbocycles. The van der Waals surface area contributed by atoms with Gasteiger partial charge in [0, 0.05) is 18.7 Å². The van der Waals surface area contributed by atoms with Crippen molar-refractivity contribution in [2.24, 2.45) is 5.10 Å². The fourth-order valence-electron chi connectivity index (χ4n) is 2.39. The third-order valence-corrected chi connectivity index (χ3v) is 3.83. The molecule has 1 heterocycles. The average molecular weight is 357 g/mol. The van der Waals surface area contributed by atoms with Crippen LogP contribution in [0.5, 0.6) is 0 Å². The summed E-state index contributed by atoms with van der Waals surface area (Å²) >= 11 is 0. The van der Waals surface area contributed by atoms with E-state index in [2.05, 4.69) is 10.4 Å². The molecule has 0 fully saturated rings. The molecule has 1 aliphatic heterocycles. The molecule has 0 saturated heterocycles. The first kappa shape index (κ1) is 18.9. The highest BCUT2D eigenvalue weighted by molar-refractivity contribution is 6.35. The molecule has 2 amide bonds. The fourth-order valence-corrected chi connectivity index (χ4v) is 2.39. The Morgan fingerprint density at radius 1 is 1.32 bits per heavy atom. The summed E-state index contributed by atoms with van der Waals surface area (Å²) in [5.74, 6) is -2.80. The zero-order valence-corrected chi connectivity index (χ0v) is 13.5. The molecule has 1 atom stereocenters. The minimum absolute atomic E-state index is 0.00902. The number of hydrogen-bond donors (Lipinski definition) is 2. The monoisotopic (exact) mass is 357 g/mol. The van der Waals surface area contributed by atoms with Gasteiger partial charge in [0.25, 0.3) is 5.72 Å². The molecule has 6 nitrogen and oxygen atoms in total. The van der Waals surface area contributed by atoms with Crippen LogP contribution in [0, 0.1) is 0 Å². The Balaban J connectivity index is 2.04. The Bertz CT molecular complexity index is 676. The summed E-state index contributed by atoms with van der Waals surface area (Å²) < 4.78 is 39.5. The lowest BCUT2D eigenvalue weighted by Crippen LogP contribution is -2.59. The molecule has 9 heteroatoms. The Hall–Kier alpha value is -2.42. The zero-order chi connectivity index (χ0) is 18.7. The van der Waals surface area contributed by atoms with E-state index in [4.69, 9.17) is 0 Å². The van der Waals surface area contributed by atoms with Gasteiger partial charge in [0.1, 0.15) is 0 Å². The summed E-state index contributed by atoms with van der Waals surface area (Å²) in [7, 11) is 0. The minimum Gasteiger partial charge on any atom is -0.362 e. The number of rotatable bonds is 4. The first-order valence-corrected chi connectivity index (χ1v) is 7.71. The first-order chi connectivity index (χ1) is 11.7. The molecule has 1 aliphatic rings. The van der Waals surface area contributed by atoms with Crippen molar-refractivity contribution >= 4 is 17.5 Å². The smallest absolute Gasteiger partial charge is 0.362 e. The lowest BCUT2D eigenvalue weighted by molar-refractivity contribution is -0.301. The summed E-state index contributed by atoms with van der Waals surface area (Å²) in [6.45, 7) is 1.61. The maximum absolute atomic E-state index is 13.2. The molecule has 0 radical (unpaired) electrons. The van der Waals surface area contributed by atoms with Crippen LogP contribution in [0.2, 0.25) is 0 Å². The predicted molar refractivity (Wildman–Crippen MR) is 83.3 cm³/mol. The standard InChI is InChI=1S/C16H18F3N3O3/c1-2-12-10-15(25,16(17,18)19)22(21-12)14(24)13(23)20-9-8-11-6-4-3-5-7-11/h3-7,25H,2,8-10H2,1H3,(H,20,23)/t15-/m0/s1. The predicted octanol–water partition coefficient (Wildman–Crippen LogP) is 1.59. The largest absolute Gasteiger partial charge is 0.438 e. The Kier molecular flexibility index (Phi) is 5.46. The van der Waals surface area contributed by atoms with Crippen LogP contribution in [-0.4, -0.2) is 46.1 Å². The number of amides is 2. The SMILES string of the molecule is CCC1=NN(C(=O)C(=O)NCCc2ccccc2)[C@@](O)(C(F)(F)F)C1. The van der Waals surface area contributed by atoms with Gasteiger partial charge in [-0.25, -0.2) is 0 Å². The van der Waals surface area contributed by atoms with Gasteiger partial charge in [-0.2, -0.15) is 23.3 Å². The molecule has 0 bridgehead atoms. The highest BCUT2D eigenvalue weighted by Crippen LogP contribution is 2.40. The van der Waals surface area contributed by atoms with Crippen molar-refractivity contribution < 1.29 is 27.9 Å². The summed E-state index contributed by atoms with van der Waals surface area (Å²) in [5, 5.41) is 15.5. The van der Waals surface area contributed by atoms with Gasteiger partial charge < -0.3 is 10.4 Å². The van der Waals surface area contributed by atoms with Gasteiger partial charge in [-0.05, 0) is 18.4 Å². The van der Waals surface area contributed by atoms with Crippen LogP contribution in [0.4, 0.5) is 13.2 Å². The number of halogens is 3. The van der Waals surface area contributed by atoms with Gasteiger partial charge in [-0.15, -0.1) is 0 Å². The number of hydrogen-bond acceptors (Lipinski definition) is 4. The minimum atomic E-state index is -5.13. The molecule has 0 unspecified atom stereocenters. The van der Waals surface area contributed by atoms with Crippen LogP contribution in [-0.2, 0) is 16.0 Å². The number of alkyl halides is 3. The van der Waals surface area contributed by atoms with Crippen molar-refractivity contribution in [2.45, 2.75) is 38.1 Å². The van der Waals surface area contributed by atoms with Crippen molar-refractivity contribution in [3.05, 3.63) is 35.9 Å². The van der Waals surface area contributed by atoms with E-state index in [0.29, 0.717) is 6.42 Å². The number of nitrogens with one attached hydrogen (secondary N) is 1. The number of carbonyl (C=O) groups is 2. The van der Waals surface area contributed by atoms with E-state index in [1.54, 1.807) is 19.1 Å². The van der Waals surface area contributed by atoms with Crippen LogP contribution in [0.3, 0.4) is 0 Å². The molecule has 2 rings (SSSR count). The van der Waals surface area contributed by atoms with Crippen LogP contribution in [0.25, 0.3) is 0 Å². The Morgan fingerprint density at radius 3 is 2.52 bits per heavy atom. The number of benzene rings is 1. The summed E-state index contributed by atoms with van der Waals surface area (Å²) in [6.07, 6.45) is -5.46. The lowest BCUT2D eigenvalue weighted by atomic mass is 10.1. The Labute approximate surface area is 142 Å². The molecule has 0 aromatic heterocycles. The van der Waals surface area contributed by atoms with Crippen molar-refractivity contribution in [1.29, 1.82) is 0 Å². The van der Waals surface area contributed by atoms with E-state index >= 15 is 0 Å². The van der Waals surface area contributed by atoms with Gasteiger partial charge in [0.15, 0.2) is 0 Å². The number of hydrazone groups is 1. The van der Waals surface area contributed by atoms with E-state index < -0.39 is 30.1 Å². The van der Waals surface area contributed by atoms with Gasteiger partial charge in [-0.1, -0.05) is 37.3 Å². The van der Waals surface area contributed by atoms with Crippen LogP contribution in [0.1, 0.15) is 25.3 Å². The second-order valence-electron chi connectivity index (χ2n) is 5.62. The first-order valence-electron chi connectivity index (χ1n) is 7.71. The van der Waals surface area contributed by atoms with Crippen LogP contribution in [0.15, 0.2) is 35.4 Å². The summed E-state index contributed by atoms with van der Waals surface area (Å²) in [5.41, 5.74) is -2.61. The molecule has 136 valence electrons. The molecule has 2 N–H and O–H groups in total. The Morgan fingerprint density at radius 2 is 1.96 bits per heavy atom. The highest BCUT2D eigenvalue weighted by Gasteiger charge is 2.63. The van der Waals surface area contributed by atoms with Crippen molar-refractivity contribution in [2.75, 3.05) is 6.54 Å². The van der Waals surface area contributed by atoms with Crippen molar-refractivity contribution in [3.8, 4) is 0 Å². The molecule has 25 heavy (non-hydrogen) atoms. The molecular formula is C16H18F3N3O3. The van der Waals surface area contributed by atoms with Crippen LogP contribution >= 0.6 is 0 Å². The number of aliphatic hydroxyl groups is 1. The highest BCUT2D eigenvalue weighted by atomic mass is 19.4. The van der Waals surface area contributed by atoms with E-state index in [9.17, 15) is 27.9 Å². The molecular weight excluding hydrogens is 339 g/mol. The number of nitrogens with zero attached hydrogens (tertiary/aromatic N) is 2. The zero-order valence-electron chi connectivity index (χ0n) is 13.5. The quantitative estimate of drug-likeness (QED) is 0.803. The third-order valence-electron chi connectivity index (χ3n) is 3.83. The van der Waals surface area contributed by atoms with E-state index in [0.717, 1.165) is 5.56 Å². The lowest BCUT2D eigenvalue weighted by Gasteiger charge is -2.32. The van der Waals surface area contributed by atoms with E-state index in [-0.39, 0.29) is 23.7 Å². The van der Waals surface area contributed by atoms with Gasteiger partial charge >= 0.3 is 18.0 Å². The molecule has 0 aliphatic carbocycles. The maximum atomic E-state index is 13.2. The maximum Gasteiger partial charge on any atom is 0.438 e. The molecule has 0 saturated carbocycles. The van der Waals surface area contributed by atoms with Gasteiger partial charge in [0.2, 0.25) is 0 Å². The van der Waals surface area contributed by atoms with Gasteiger partial charge in [0.05, 0.1) is 0 Å². The topological polar surface area (TPSA) is 82.0 Å². The second kappa shape index (κ2) is 7.22. The normalized spacial score (nSPS) is 20.4. The average Bonchev–Trinajstić information content (AvgIpc) is 2.93. The van der Waals surface area contributed by atoms with E-state index in [1.807, 2.05) is 18.2 Å². The summed E-state index contributed by atoms with van der Waals surface area (Å²) in [6, 6.07) is 9.05. The summed E-state index contributed by atoms with van der Waals surface area (Å²) in [4.78, 5) is 23.9. The third kappa shape index (κ3) is 3.98. The molecule has 0 spiro atoms. The van der Waals surface area contributed by atoms with Crippen molar-refractivity contribution in [3.63, 3.8) is 0 Å². The fraction of sp³-hybridized carbons (Fsp3) is 0.438. The van der Waals surface area contributed by atoms with Crippen molar-refractivity contribution in [1.82, 2.24) is 10.3 Å².